The molecule has 0 saturated carbocycles. The van der Waals surface area contributed by atoms with Crippen LogP contribution in [0.4, 0.5) is 14.5 Å². The van der Waals surface area contributed by atoms with Gasteiger partial charge in [-0.05, 0) is 31.2 Å². The number of amides is 3. The van der Waals surface area contributed by atoms with Crippen molar-refractivity contribution >= 4 is 23.4 Å². The Kier molecular flexibility index (Phi) is 7.64. The van der Waals surface area contributed by atoms with Crippen LogP contribution < -0.4 is 15.4 Å². The van der Waals surface area contributed by atoms with E-state index >= 15 is 0 Å². The van der Waals surface area contributed by atoms with E-state index < -0.39 is 35.9 Å². The lowest BCUT2D eigenvalue weighted by molar-refractivity contribution is -0.133. The Labute approximate surface area is 166 Å². The third kappa shape index (κ3) is 6.56. The van der Waals surface area contributed by atoms with Crippen LogP contribution in [0.25, 0.3) is 0 Å². The quantitative estimate of drug-likeness (QED) is 0.705. The Balaban J connectivity index is 1.90. The van der Waals surface area contributed by atoms with Crippen molar-refractivity contribution in [3.8, 4) is 5.75 Å². The van der Waals surface area contributed by atoms with Crippen LogP contribution in [0.15, 0.2) is 42.5 Å². The zero-order chi connectivity index (χ0) is 21.4. The fourth-order valence-corrected chi connectivity index (χ4v) is 2.51. The number of anilines is 1. The maximum atomic E-state index is 13.2. The standard InChI is InChI=1S/C20H21F2N3O4/c1-3-25(12-18(26)24-16-5-4-6-17(10-16)29-2)19(27)11-23-20(28)13-7-14(21)9-15(22)8-13/h4-10H,3,11-12H2,1-2H3,(H,23,28)(H,24,26). The van der Waals surface area contributed by atoms with E-state index in [0.29, 0.717) is 17.5 Å². The summed E-state index contributed by atoms with van der Waals surface area (Å²) >= 11 is 0. The Bertz CT molecular complexity index is 885. The summed E-state index contributed by atoms with van der Waals surface area (Å²) in [5, 5.41) is 4.95. The van der Waals surface area contributed by atoms with Gasteiger partial charge in [0.05, 0.1) is 20.2 Å². The van der Waals surface area contributed by atoms with Gasteiger partial charge in [0.15, 0.2) is 0 Å². The molecule has 0 heterocycles. The fraction of sp³-hybridized carbons (Fsp3) is 0.250. The molecule has 0 aromatic heterocycles. The van der Waals surface area contributed by atoms with Crippen LogP contribution in [0.5, 0.6) is 5.75 Å². The molecule has 0 unspecified atom stereocenters. The van der Waals surface area contributed by atoms with E-state index in [1.54, 1.807) is 31.2 Å². The molecule has 154 valence electrons. The molecular weight excluding hydrogens is 384 g/mol. The van der Waals surface area contributed by atoms with Gasteiger partial charge in [0.1, 0.15) is 17.4 Å². The number of hydrogen-bond donors (Lipinski definition) is 2. The number of likely N-dealkylation sites (N-methyl/N-ethyl adjacent to an activating group) is 1. The fourth-order valence-electron chi connectivity index (χ4n) is 2.51. The van der Waals surface area contributed by atoms with Gasteiger partial charge >= 0.3 is 0 Å². The van der Waals surface area contributed by atoms with Crippen LogP contribution in [0.1, 0.15) is 17.3 Å². The van der Waals surface area contributed by atoms with E-state index in [1.807, 2.05) is 0 Å². The Morgan fingerprint density at radius 2 is 1.76 bits per heavy atom. The first-order valence-corrected chi connectivity index (χ1v) is 8.78. The molecule has 2 aromatic carbocycles. The molecule has 0 radical (unpaired) electrons. The van der Waals surface area contributed by atoms with Crippen LogP contribution in [0.3, 0.4) is 0 Å². The van der Waals surface area contributed by atoms with Crippen molar-refractivity contribution in [3.05, 3.63) is 59.7 Å². The van der Waals surface area contributed by atoms with E-state index in [4.69, 9.17) is 4.74 Å². The highest BCUT2D eigenvalue weighted by Gasteiger charge is 2.17. The van der Waals surface area contributed by atoms with E-state index in [1.165, 1.54) is 12.0 Å². The van der Waals surface area contributed by atoms with E-state index in [0.717, 1.165) is 12.1 Å². The first kappa shape index (κ1) is 21.8. The lowest BCUT2D eigenvalue weighted by Gasteiger charge is -2.20. The molecular formula is C20H21F2N3O4. The van der Waals surface area contributed by atoms with Gasteiger partial charge in [-0.25, -0.2) is 8.78 Å². The van der Waals surface area contributed by atoms with E-state index in [-0.39, 0.29) is 18.7 Å². The molecule has 0 aliphatic rings. The molecule has 29 heavy (non-hydrogen) atoms. The Morgan fingerprint density at radius 1 is 1.07 bits per heavy atom. The number of benzene rings is 2. The topological polar surface area (TPSA) is 87.7 Å². The van der Waals surface area contributed by atoms with Crippen molar-refractivity contribution < 1.29 is 27.9 Å². The Hall–Kier alpha value is -3.49. The van der Waals surface area contributed by atoms with Crippen LogP contribution >= 0.6 is 0 Å². The zero-order valence-electron chi connectivity index (χ0n) is 16.0. The molecule has 2 N–H and O–H groups in total. The summed E-state index contributed by atoms with van der Waals surface area (Å²) in [5.74, 6) is -2.96. The molecule has 9 heteroatoms. The van der Waals surface area contributed by atoms with Crippen LogP contribution in [0, 0.1) is 11.6 Å². The van der Waals surface area contributed by atoms with Gasteiger partial charge in [-0.2, -0.15) is 0 Å². The van der Waals surface area contributed by atoms with Gasteiger partial charge in [-0.1, -0.05) is 6.07 Å². The van der Waals surface area contributed by atoms with Crippen molar-refractivity contribution in [1.29, 1.82) is 0 Å². The van der Waals surface area contributed by atoms with Gasteiger partial charge in [0.2, 0.25) is 11.8 Å². The number of carbonyl (C=O) groups excluding carboxylic acids is 3. The second-order valence-electron chi connectivity index (χ2n) is 6.03. The third-order valence-electron chi connectivity index (χ3n) is 3.95. The maximum Gasteiger partial charge on any atom is 0.251 e. The number of carbonyl (C=O) groups is 3. The SMILES string of the molecule is CCN(CC(=O)Nc1cccc(OC)c1)C(=O)CNC(=O)c1cc(F)cc(F)c1. The van der Waals surface area contributed by atoms with Crippen molar-refractivity contribution in [2.24, 2.45) is 0 Å². The second kappa shape index (κ2) is 10.2. The Morgan fingerprint density at radius 3 is 2.38 bits per heavy atom. The minimum absolute atomic E-state index is 0.225. The minimum atomic E-state index is -0.897. The summed E-state index contributed by atoms with van der Waals surface area (Å²) in [5.41, 5.74) is 0.272. The first-order chi connectivity index (χ1) is 13.8. The highest BCUT2D eigenvalue weighted by Crippen LogP contribution is 2.16. The molecule has 0 spiro atoms. The lowest BCUT2D eigenvalue weighted by atomic mass is 10.2. The van der Waals surface area contributed by atoms with Crippen LogP contribution in [-0.2, 0) is 9.59 Å². The van der Waals surface area contributed by atoms with E-state index in [2.05, 4.69) is 10.6 Å². The molecule has 0 atom stereocenters. The average molecular weight is 405 g/mol. The number of halogens is 2. The largest absolute Gasteiger partial charge is 0.497 e. The average Bonchev–Trinajstić information content (AvgIpc) is 2.69. The summed E-state index contributed by atoms with van der Waals surface area (Å²) in [6.45, 7) is 1.27. The summed E-state index contributed by atoms with van der Waals surface area (Å²) < 4.78 is 31.5. The van der Waals surface area contributed by atoms with Crippen molar-refractivity contribution in [3.63, 3.8) is 0 Å². The first-order valence-electron chi connectivity index (χ1n) is 8.78. The van der Waals surface area contributed by atoms with Gasteiger partial charge in [0.25, 0.3) is 5.91 Å². The summed E-state index contributed by atoms with van der Waals surface area (Å²) in [7, 11) is 1.50. The van der Waals surface area contributed by atoms with Gasteiger partial charge in [-0.15, -0.1) is 0 Å². The summed E-state index contributed by atoms with van der Waals surface area (Å²) in [6.07, 6.45) is 0. The molecule has 2 rings (SSSR count). The minimum Gasteiger partial charge on any atom is -0.497 e. The number of methoxy groups -OCH3 is 1. The number of hydrogen-bond acceptors (Lipinski definition) is 4. The van der Waals surface area contributed by atoms with Gasteiger partial charge in [-0.3, -0.25) is 14.4 Å². The summed E-state index contributed by atoms with van der Waals surface area (Å²) in [6, 6.07) is 9.11. The monoisotopic (exact) mass is 405 g/mol. The predicted octanol–water partition coefficient (Wildman–Crippen LogP) is 2.19. The number of nitrogens with zero attached hydrogens (tertiary/aromatic N) is 1. The highest BCUT2D eigenvalue weighted by molar-refractivity contribution is 5.98. The smallest absolute Gasteiger partial charge is 0.251 e. The van der Waals surface area contributed by atoms with E-state index in [9.17, 15) is 23.2 Å². The van der Waals surface area contributed by atoms with Crippen LogP contribution in [0.2, 0.25) is 0 Å². The maximum absolute atomic E-state index is 13.2. The summed E-state index contributed by atoms with van der Waals surface area (Å²) in [4.78, 5) is 37.7. The molecule has 0 aliphatic carbocycles. The van der Waals surface area contributed by atoms with Crippen LogP contribution in [-0.4, -0.2) is 49.4 Å². The molecule has 0 saturated heterocycles. The van der Waals surface area contributed by atoms with Crippen molar-refractivity contribution in [2.45, 2.75) is 6.92 Å². The van der Waals surface area contributed by atoms with Crippen molar-refractivity contribution in [2.75, 3.05) is 32.1 Å². The normalized spacial score (nSPS) is 10.2. The number of rotatable bonds is 8. The molecule has 0 fully saturated rings. The highest BCUT2D eigenvalue weighted by atomic mass is 19.1. The molecule has 3 amide bonds. The number of ether oxygens (including phenoxy) is 1. The molecule has 7 nitrogen and oxygen atoms in total. The lowest BCUT2D eigenvalue weighted by Crippen LogP contribution is -2.43. The van der Waals surface area contributed by atoms with Crippen molar-refractivity contribution in [1.82, 2.24) is 10.2 Å². The predicted molar refractivity (Wildman–Crippen MR) is 103 cm³/mol. The second-order valence-corrected chi connectivity index (χ2v) is 6.03. The zero-order valence-corrected chi connectivity index (χ0v) is 16.0. The van der Waals surface area contributed by atoms with Gasteiger partial charge in [0, 0.05) is 29.9 Å². The van der Waals surface area contributed by atoms with Gasteiger partial charge < -0.3 is 20.3 Å². The molecule has 2 aromatic rings. The molecule has 0 aliphatic heterocycles. The number of nitrogens with one attached hydrogen (secondary N) is 2. The molecule has 0 bridgehead atoms. The third-order valence-corrected chi connectivity index (χ3v) is 3.95.